The molecular weight excluding hydrogens is 627 g/mol. The molecule has 0 saturated carbocycles. The van der Waals surface area contributed by atoms with Crippen molar-refractivity contribution in [3.05, 3.63) is 86.0 Å². The van der Waals surface area contributed by atoms with E-state index in [2.05, 4.69) is 43.3 Å². The molecule has 1 aromatic carbocycles. The van der Waals surface area contributed by atoms with Crippen molar-refractivity contribution in [2.45, 2.75) is 63.2 Å². The van der Waals surface area contributed by atoms with Crippen LogP contribution in [-0.2, 0) is 0 Å². The Labute approximate surface area is 276 Å². The Hall–Kier alpha value is -3.55. The van der Waals surface area contributed by atoms with Crippen LogP contribution in [0.5, 0.6) is 0 Å². The number of pyridine rings is 1. The van der Waals surface area contributed by atoms with Crippen LogP contribution in [0.25, 0.3) is 16.9 Å². The summed E-state index contributed by atoms with van der Waals surface area (Å²) in [7, 11) is 0. The monoisotopic (exact) mass is 664 g/mol. The van der Waals surface area contributed by atoms with Crippen molar-refractivity contribution in [3.8, 4) is 16.9 Å². The number of benzene rings is 1. The molecule has 0 amide bonds. The summed E-state index contributed by atoms with van der Waals surface area (Å²) in [6.07, 6.45) is 9.96. The minimum atomic E-state index is -0.112. The van der Waals surface area contributed by atoms with E-state index in [1.165, 1.54) is 0 Å². The number of H-pyrrole nitrogens is 1. The van der Waals surface area contributed by atoms with Crippen LogP contribution in [0.1, 0.15) is 45.1 Å². The van der Waals surface area contributed by atoms with E-state index in [0.29, 0.717) is 33.8 Å². The zero-order chi connectivity index (χ0) is 31.8. The summed E-state index contributed by atoms with van der Waals surface area (Å²) in [6.45, 7) is 4.89. The van der Waals surface area contributed by atoms with Crippen LogP contribution in [0.3, 0.4) is 0 Å². The second kappa shape index (κ2) is 13.3. The predicted octanol–water partition coefficient (Wildman–Crippen LogP) is 3.57. The molecule has 0 spiro atoms. The number of aromatic nitrogens is 6. The fraction of sp³-hybridized carbons (Fsp3) is 0.469. The summed E-state index contributed by atoms with van der Waals surface area (Å²) in [5.41, 5.74) is 6.35. The molecule has 4 aromatic rings. The lowest BCUT2D eigenvalue weighted by Crippen LogP contribution is -2.54. The van der Waals surface area contributed by atoms with Gasteiger partial charge in [0.2, 0.25) is 5.56 Å². The molecule has 3 aromatic heterocycles. The van der Waals surface area contributed by atoms with Gasteiger partial charge >= 0.3 is 0 Å². The van der Waals surface area contributed by atoms with E-state index < -0.39 is 0 Å². The Morgan fingerprint density at radius 3 is 2.67 bits per heavy atom. The minimum absolute atomic E-state index is 0.0421. The van der Waals surface area contributed by atoms with Gasteiger partial charge in [-0.2, -0.15) is 0 Å². The van der Waals surface area contributed by atoms with Crippen LogP contribution in [0.2, 0.25) is 10.2 Å². The highest BCUT2D eigenvalue weighted by atomic mass is 35.5. The van der Waals surface area contributed by atoms with Crippen LogP contribution in [0.15, 0.2) is 64.7 Å². The van der Waals surface area contributed by atoms with E-state index in [0.717, 1.165) is 57.4 Å². The van der Waals surface area contributed by atoms with E-state index in [1.807, 2.05) is 16.7 Å². The molecule has 12 nitrogen and oxygen atoms in total. The average molecular weight is 666 g/mol. The SMILES string of the molecule is C[C@@H]1CCC[C@H](n2cnc(-c3cc(Cl)ccc3-n3cc(Cl)nn3)cc2=O)C2CC(CCN2)C2NN(c3ccc(=O)[nH]c3)CC2NC1. The molecule has 2 bridgehead atoms. The Bertz CT molecular complexity index is 1790. The number of hydrogen-bond donors (Lipinski definition) is 4. The molecule has 6 heterocycles. The van der Waals surface area contributed by atoms with Gasteiger partial charge in [-0.3, -0.25) is 14.2 Å². The molecule has 14 heteroatoms. The molecule has 4 N–H and O–H groups in total. The van der Waals surface area contributed by atoms with Gasteiger partial charge in [0.05, 0.1) is 42.2 Å². The van der Waals surface area contributed by atoms with Gasteiger partial charge in [-0.15, -0.1) is 5.10 Å². The van der Waals surface area contributed by atoms with Crippen molar-refractivity contribution in [2.75, 3.05) is 24.6 Å². The predicted molar refractivity (Wildman–Crippen MR) is 179 cm³/mol. The fourth-order valence-corrected chi connectivity index (χ4v) is 7.65. The lowest BCUT2D eigenvalue weighted by molar-refractivity contribution is 0.177. The third kappa shape index (κ3) is 6.50. The molecule has 4 unspecified atom stereocenters. The number of hydrazine groups is 1. The smallest absolute Gasteiger partial charge is 0.254 e. The second-order valence-corrected chi connectivity index (χ2v) is 13.6. The van der Waals surface area contributed by atoms with Crippen LogP contribution in [-0.4, -0.2) is 67.3 Å². The van der Waals surface area contributed by atoms with E-state index in [9.17, 15) is 9.59 Å². The third-order valence-corrected chi connectivity index (χ3v) is 10.1. The second-order valence-electron chi connectivity index (χ2n) is 12.8. The lowest BCUT2D eigenvalue weighted by atomic mass is 9.80. The Morgan fingerprint density at radius 1 is 1.00 bits per heavy atom. The molecule has 3 aliphatic rings. The molecule has 3 aliphatic heterocycles. The van der Waals surface area contributed by atoms with Crippen LogP contribution in [0, 0.1) is 11.8 Å². The average Bonchev–Trinajstić information content (AvgIpc) is 3.69. The summed E-state index contributed by atoms with van der Waals surface area (Å²) in [5, 5.41) is 18.6. The van der Waals surface area contributed by atoms with Crippen molar-refractivity contribution in [1.29, 1.82) is 0 Å². The number of nitrogens with one attached hydrogen (secondary N) is 4. The van der Waals surface area contributed by atoms with Gasteiger partial charge in [-0.05, 0) is 74.9 Å². The summed E-state index contributed by atoms with van der Waals surface area (Å²) in [6, 6.07) is 10.9. The maximum Gasteiger partial charge on any atom is 0.254 e. The molecule has 3 fully saturated rings. The van der Waals surface area contributed by atoms with E-state index in [4.69, 9.17) is 28.2 Å². The summed E-state index contributed by atoms with van der Waals surface area (Å²) in [5.74, 6) is 0.875. The first kappa shape index (κ1) is 31.1. The fourth-order valence-electron chi connectivity index (χ4n) is 7.35. The number of rotatable bonds is 4. The van der Waals surface area contributed by atoms with Gasteiger partial charge < -0.3 is 20.6 Å². The minimum Gasteiger partial charge on any atom is -0.327 e. The maximum atomic E-state index is 13.9. The van der Waals surface area contributed by atoms with Crippen molar-refractivity contribution in [1.82, 2.24) is 45.6 Å². The lowest BCUT2D eigenvalue weighted by Gasteiger charge is -2.40. The molecule has 242 valence electrons. The first-order chi connectivity index (χ1) is 22.3. The first-order valence-corrected chi connectivity index (χ1v) is 16.7. The van der Waals surface area contributed by atoms with E-state index in [-0.39, 0.29) is 40.4 Å². The number of anilines is 1. The van der Waals surface area contributed by atoms with Gasteiger partial charge in [0.15, 0.2) is 5.15 Å². The number of piperidine rings is 1. The largest absolute Gasteiger partial charge is 0.327 e. The Kier molecular flexibility index (Phi) is 8.97. The number of nitrogens with zero attached hydrogens (tertiary/aromatic N) is 6. The molecule has 3 saturated heterocycles. The van der Waals surface area contributed by atoms with Crippen LogP contribution >= 0.6 is 23.2 Å². The highest BCUT2D eigenvalue weighted by Gasteiger charge is 2.41. The number of hydrogen-bond acceptors (Lipinski definition) is 9. The van der Waals surface area contributed by atoms with E-state index >= 15 is 0 Å². The molecule has 0 aliphatic carbocycles. The molecule has 6 atom stereocenters. The highest BCUT2D eigenvalue weighted by Crippen LogP contribution is 2.34. The van der Waals surface area contributed by atoms with Gasteiger partial charge in [0.25, 0.3) is 5.56 Å². The third-order valence-electron chi connectivity index (χ3n) is 9.71. The summed E-state index contributed by atoms with van der Waals surface area (Å²) < 4.78 is 3.37. The summed E-state index contributed by atoms with van der Waals surface area (Å²) in [4.78, 5) is 33.2. The van der Waals surface area contributed by atoms with Crippen LogP contribution < -0.4 is 32.2 Å². The highest BCUT2D eigenvalue weighted by molar-refractivity contribution is 6.31. The molecule has 7 rings (SSSR count). The number of halogens is 2. The van der Waals surface area contributed by atoms with Crippen molar-refractivity contribution in [3.63, 3.8) is 0 Å². The first-order valence-electron chi connectivity index (χ1n) is 16.0. The molecule has 46 heavy (non-hydrogen) atoms. The van der Waals surface area contributed by atoms with Gasteiger partial charge in [-0.25, -0.2) is 15.1 Å². The van der Waals surface area contributed by atoms with E-state index in [1.54, 1.807) is 47.7 Å². The van der Waals surface area contributed by atoms with Gasteiger partial charge in [0.1, 0.15) is 0 Å². The normalized spacial score (nSPS) is 27.1. The van der Waals surface area contributed by atoms with Gasteiger partial charge in [-0.1, -0.05) is 41.8 Å². The zero-order valence-corrected chi connectivity index (χ0v) is 27.1. The maximum absolute atomic E-state index is 13.9. The quantitative estimate of drug-likeness (QED) is 0.258. The topological polar surface area (TPSA) is 138 Å². The van der Waals surface area contributed by atoms with Crippen molar-refractivity contribution >= 4 is 28.9 Å². The standard InChI is InChI=1S/C32H38Cl2N10O2/c1-19-3-2-4-28(42-18-38-24(13-31(42)46)23-12-21(33)5-7-27(23)44-17-29(34)39-41-44)25-11-20(9-10-35-25)32-26(36-14-19)16-43(40-32)22-6-8-30(45)37-15-22/h5-8,12-13,15,17-20,25-26,28,32,35-36,40H,2-4,9-11,14,16H2,1H3,(H,37,45)/t19-,20?,25?,26?,28+,32?/m1/s1. The van der Waals surface area contributed by atoms with Gasteiger partial charge in [0, 0.05) is 47.0 Å². The molecular formula is C32H38Cl2N10O2. The van der Waals surface area contributed by atoms with Crippen LogP contribution in [0.4, 0.5) is 5.69 Å². The van der Waals surface area contributed by atoms with Crippen molar-refractivity contribution < 1.29 is 0 Å². The zero-order valence-electron chi connectivity index (χ0n) is 25.6. The number of fused-ring (bicyclic) bond motifs is 4. The molecule has 0 radical (unpaired) electrons. The Morgan fingerprint density at radius 2 is 1.89 bits per heavy atom. The number of aromatic amines is 1. The van der Waals surface area contributed by atoms with Crippen molar-refractivity contribution in [2.24, 2.45) is 11.8 Å². The summed E-state index contributed by atoms with van der Waals surface area (Å²) >= 11 is 12.4. The Balaban J connectivity index is 1.18.